The van der Waals surface area contributed by atoms with Gasteiger partial charge in [0.15, 0.2) is 0 Å². The largest absolute Gasteiger partial charge is 0.332 e. The second kappa shape index (κ2) is 4.48. The molecule has 0 atom stereocenters. The zero-order valence-electron chi connectivity index (χ0n) is 11.9. The Morgan fingerprint density at radius 1 is 1.29 bits per heavy atom. The van der Waals surface area contributed by atoms with Crippen LogP contribution in [0, 0.1) is 6.92 Å². The number of pyridine rings is 1. The van der Waals surface area contributed by atoms with Gasteiger partial charge in [0.1, 0.15) is 5.82 Å². The predicted octanol–water partition coefficient (Wildman–Crippen LogP) is 2.10. The first kappa shape index (κ1) is 12.2. The number of aromatic nitrogens is 3. The van der Waals surface area contributed by atoms with Gasteiger partial charge in [-0.3, -0.25) is 4.79 Å². The van der Waals surface area contributed by atoms with Crippen LogP contribution in [0.25, 0.3) is 5.52 Å². The van der Waals surface area contributed by atoms with Gasteiger partial charge in [-0.1, -0.05) is 6.07 Å². The number of hydrogen-bond donors (Lipinski definition) is 0. The molecule has 0 radical (unpaired) electrons. The fourth-order valence-corrected chi connectivity index (χ4v) is 2.93. The van der Waals surface area contributed by atoms with E-state index in [2.05, 4.69) is 22.5 Å². The maximum absolute atomic E-state index is 12.7. The molecule has 0 bridgehead atoms. The van der Waals surface area contributed by atoms with E-state index in [1.165, 1.54) is 5.56 Å². The Balaban J connectivity index is 1.66. The van der Waals surface area contributed by atoms with Crippen molar-refractivity contribution in [2.45, 2.75) is 20.0 Å². The molecular formula is C16H16N4O. The van der Waals surface area contributed by atoms with E-state index in [4.69, 9.17) is 0 Å². The molecule has 5 heteroatoms. The summed E-state index contributed by atoms with van der Waals surface area (Å²) >= 11 is 0. The molecule has 0 aromatic carbocycles. The van der Waals surface area contributed by atoms with Crippen LogP contribution in [0.4, 0.5) is 0 Å². The summed E-state index contributed by atoms with van der Waals surface area (Å²) in [5.41, 5.74) is 2.99. The van der Waals surface area contributed by atoms with Crippen LogP contribution in [0.15, 0.2) is 43.0 Å². The minimum Gasteiger partial charge on any atom is -0.332 e. The number of hydrogen-bond acceptors (Lipinski definition) is 2. The molecule has 106 valence electrons. The quantitative estimate of drug-likeness (QED) is 0.685. The number of amides is 1. The average Bonchev–Trinajstić information content (AvgIpc) is 3.12. The first-order valence-corrected chi connectivity index (χ1v) is 7.09. The molecule has 0 saturated carbocycles. The molecule has 0 fully saturated rings. The van der Waals surface area contributed by atoms with Gasteiger partial charge in [-0.2, -0.15) is 0 Å². The van der Waals surface area contributed by atoms with Crippen molar-refractivity contribution < 1.29 is 4.79 Å². The monoisotopic (exact) mass is 280 g/mol. The highest BCUT2D eigenvalue weighted by Gasteiger charge is 2.23. The third-order valence-corrected chi connectivity index (χ3v) is 4.12. The van der Waals surface area contributed by atoms with Crippen molar-refractivity contribution in [1.82, 2.24) is 18.9 Å². The number of fused-ring (bicyclic) bond motifs is 2. The standard InChI is InChI=1S/C16H16N4O/c1-12-3-2-5-19-10-13(9-14(12)19)16(21)20-8-7-18-6-4-17-15(18)11-20/h2-6,9-10H,7-8,11H2,1H3. The third kappa shape index (κ3) is 1.93. The van der Waals surface area contributed by atoms with Crippen molar-refractivity contribution in [3.8, 4) is 0 Å². The Kier molecular flexibility index (Phi) is 2.60. The van der Waals surface area contributed by atoms with E-state index in [-0.39, 0.29) is 5.91 Å². The molecule has 4 heterocycles. The number of nitrogens with zero attached hydrogens (tertiary/aromatic N) is 4. The Morgan fingerprint density at radius 2 is 2.19 bits per heavy atom. The molecule has 1 aliphatic heterocycles. The lowest BCUT2D eigenvalue weighted by Crippen LogP contribution is -2.38. The van der Waals surface area contributed by atoms with Gasteiger partial charge < -0.3 is 13.9 Å². The lowest BCUT2D eigenvalue weighted by molar-refractivity contribution is 0.0707. The van der Waals surface area contributed by atoms with Crippen molar-refractivity contribution in [3.05, 3.63) is 59.9 Å². The lowest BCUT2D eigenvalue weighted by atomic mass is 10.2. The highest BCUT2D eigenvalue weighted by atomic mass is 16.2. The minimum absolute atomic E-state index is 0.0763. The fourth-order valence-electron chi connectivity index (χ4n) is 2.93. The summed E-state index contributed by atoms with van der Waals surface area (Å²) in [6.45, 7) is 4.18. The first-order valence-electron chi connectivity index (χ1n) is 7.09. The highest BCUT2D eigenvalue weighted by molar-refractivity contribution is 5.95. The second-order valence-electron chi connectivity index (χ2n) is 5.48. The zero-order chi connectivity index (χ0) is 14.4. The summed E-state index contributed by atoms with van der Waals surface area (Å²) in [6, 6.07) is 6.02. The van der Waals surface area contributed by atoms with Crippen LogP contribution in [0.2, 0.25) is 0 Å². The van der Waals surface area contributed by atoms with E-state index in [1.54, 1.807) is 6.20 Å². The van der Waals surface area contributed by atoms with Crippen molar-refractivity contribution in [2.75, 3.05) is 6.54 Å². The van der Waals surface area contributed by atoms with Gasteiger partial charge in [-0.25, -0.2) is 4.98 Å². The van der Waals surface area contributed by atoms with Gasteiger partial charge in [0, 0.05) is 43.4 Å². The summed E-state index contributed by atoms with van der Waals surface area (Å²) in [6.07, 6.45) is 7.64. The molecule has 0 saturated heterocycles. The third-order valence-electron chi connectivity index (χ3n) is 4.12. The number of aryl methyl sites for hydroxylation is 1. The molecule has 1 amide bonds. The molecule has 5 nitrogen and oxygen atoms in total. The minimum atomic E-state index is 0.0763. The Morgan fingerprint density at radius 3 is 3.05 bits per heavy atom. The molecule has 21 heavy (non-hydrogen) atoms. The summed E-state index contributed by atoms with van der Waals surface area (Å²) < 4.78 is 4.11. The van der Waals surface area contributed by atoms with E-state index in [9.17, 15) is 4.79 Å². The molecule has 3 aromatic heterocycles. The molecular weight excluding hydrogens is 264 g/mol. The van der Waals surface area contributed by atoms with Crippen LogP contribution in [-0.4, -0.2) is 31.3 Å². The number of rotatable bonds is 1. The highest BCUT2D eigenvalue weighted by Crippen LogP contribution is 2.18. The van der Waals surface area contributed by atoms with Gasteiger partial charge in [0.05, 0.1) is 12.1 Å². The normalized spacial score (nSPS) is 14.4. The maximum Gasteiger partial charge on any atom is 0.255 e. The van der Waals surface area contributed by atoms with Crippen LogP contribution >= 0.6 is 0 Å². The van der Waals surface area contributed by atoms with Crippen molar-refractivity contribution >= 4 is 11.4 Å². The van der Waals surface area contributed by atoms with Crippen LogP contribution in [-0.2, 0) is 13.1 Å². The second-order valence-corrected chi connectivity index (χ2v) is 5.48. The molecule has 0 aliphatic carbocycles. The van der Waals surface area contributed by atoms with Crippen molar-refractivity contribution in [3.63, 3.8) is 0 Å². The van der Waals surface area contributed by atoms with Crippen LogP contribution < -0.4 is 0 Å². The Bertz CT molecular complexity index is 830. The Hall–Kier alpha value is -2.56. The lowest BCUT2D eigenvalue weighted by Gasteiger charge is -2.27. The van der Waals surface area contributed by atoms with E-state index in [0.29, 0.717) is 6.54 Å². The maximum atomic E-state index is 12.7. The zero-order valence-corrected chi connectivity index (χ0v) is 11.9. The molecule has 3 aromatic rings. The average molecular weight is 280 g/mol. The van der Waals surface area contributed by atoms with E-state index < -0.39 is 0 Å². The SMILES string of the molecule is Cc1cccn2cc(C(=O)N3CCn4ccnc4C3)cc12. The van der Waals surface area contributed by atoms with Gasteiger partial charge >= 0.3 is 0 Å². The van der Waals surface area contributed by atoms with Crippen LogP contribution in [0.3, 0.4) is 0 Å². The van der Waals surface area contributed by atoms with Crippen LogP contribution in [0.5, 0.6) is 0 Å². The van der Waals surface area contributed by atoms with Crippen molar-refractivity contribution in [1.29, 1.82) is 0 Å². The smallest absolute Gasteiger partial charge is 0.255 e. The van der Waals surface area contributed by atoms with Crippen molar-refractivity contribution in [2.24, 2.45) is 0 Å². The molecule has 0 unspecified atom stereocenters. The van der Waals surface area contributed by atoms with Gasteiger partial charge in [-0.15, -0.1) is 0 Å². The van der Waals surface area contributed by atoms with Crippen LogP contribution in [0.1, 0.15) is 21.7 Å². The Labute approximate surface area is 122 Å². The van der Waals surface area contributed by atoms with E-state index in [0.717, 1.165) is 30.0 Å². The topological polar surface area (TPSA) is 42.5 Å². The van der Waals surface area contributed by atoms with E-state index in [1.807, 2.05) is 40.0 Å². The summed E-state index contributed by atoms with van der Waals surface area (Å²) in [5, 5.41) is 0. The summed E-state index contributed by atoms with van der Waals surface area (Å²) in [4.78, 5) is 18.9. The molecule has 1 aliphatic rings. The summed E-state index contributed by atoms with van der Waals surface area (Å²) in [7, 11) is 0. The molecule has 4 rings (SSSR count). The number of imidazole rings is 1. The summed E-state index contributed by atoms with van der Waals surface area (Å²) in [5.74, 6) is 1.03. The molecule has 0 N–H and O–H groups in total. The van der Waals surface area contributed by atoms with Gasteiger partial charge in [0.2, 0.25) is 0 Å². The number of carbonyl (C=O) groups is 1. The first-order chi connectivity index (χ1) is 10.2. The van der Waals surface area contributed by atoms with E-state index >= 15 is 0 Å². The van der Waals surface area contributed by atoms with Gasteiger partial charge in [0.25, 0.3) is 5.91 Å². The fraction of sp³-hybridized carbons (Fsp3) is 0.250. The number of carbonyl (C=O) groups excluding carboxylic acids is 1. The molecule has 0 spiro atoms. The van der Waals surface area contributed by atoms with Gasteiger partial charge in [-0.05, 0) is 24.6 Å². The predicted molar refractivity (Wildman–Crippen MR) is 79.1 cm³/mol.